The Morgan fingerprint density at radius 2 is 1.91 bits per heavy atom. The summed E-state index contributed by atoms with van der Waals surface area (Å²) in [6.07, 6.45) is 1.06. The molecule has 1 aromatic carbocycles. The molecule has 0 saturated heterocycles. The summed E-state index contributed by atoms with van der Waals surface area (Å²) in [6, 6.07) is 6.90. The van der Waals surface area contributed by atoms with Gasteiger partial charge in [0.1, 0.15) is 11.1 Å². The number of anilines is 1. The van der Waals surface area contributed by atoms with Gasteiger partial charge in [0.05, 0.1) is 10.7 Å². The Balaban J connectivity index is 2.06. The summed E-state index contributed by atoms with van der Waals surface area (Å²) >= 11 is 6.10. The second-order valence-corrected chi connectivity index (χ2v) is 7.48. The fourth-order valence-electron chi connectivity index (χ4n) is 4.25. The molecule has 0 aliphatic heterocycles. The Morgan fingerprint density at radius 1 is 1.26 bits per heavy atom. The first-order valence-corrected chi connectivity index (χ1v) is 7.93. The van der Waals surface area contributed by atoms with E-state index in [4.69, 9.17) is 11.6 Å². The molecule has 2 aliphatic rings. The van der Waals surface area contributed by atoms with Crippen molar-refractivity contribution in [3.63, 3.8) is 0 Å². The molecule has 1 aromatic rings. The van der Waals surface area contributed by atoms with Gasteiger partial charge in [0.2, 0.25) is 5.91 Å². The van der Waals surface area contributed by atoms with Gasteiger partial charge in [-0.25, -0.2) is 0 Å². The molecule has 0 radical (unpaired) electrons. The van der Waals surface area contributed by atoms with Gasteiger partial charge in [-0.05, 0) is 30.4 Å². The molecule has 2 aliphatic carbocycles. The van der Waals surface area contributed by atoms with Crippen molar-refractivity contribution in [2.75, 3.05) is 5.32 Å². The highest BCUT2D eigenvalue weighted by Crippen LogP contribution is 2.69. The van der Waals surface area contributed by atoms with E-state index in [1.807, 2.05) is 20.8 Å². The fraction of sp³-hybridized carbons (Fsp3) is 0.471. The van der Waals surface area contributed by atoms with Gasteiger partial charge in [0.25, 0.3) is 0 Å². The lowest BCUT2D eigenvalue weighted by atomic mass is 9.64. The van der Waals surface area contributed by atoms with Crippen LogP contribution in [0.2, 0.25) is 5.02 Å². The monoisotopic (exact) mass is 334 g/mol. The Bertz CT molecular complexity index is 743. The third kappa shape index (κ3) is 1.71. The average molecular weight is 335 g/mol. The first kappa shape index (κ1) is 16.0. The van der Waals surface area contributed by atoms with Crippen molar-refractivity contribution in [3.8, 4) is 0 Å². The first-order chi connectivity index (χ1) is 10.7. The number of Topliss-reactive ketones (excluding diaryl/α,β-unsaturated/α-hetero) is 1. The van der Waals surface area contributed by atoms with Crippen LogP contribution in [0, 0.1) is 16.2 Å². The molecule has 0 heterocycles. The molecule has 6 heteroatoms. The van der Waals surface area contributed by atoms with Gasteiger partial charge in [0, 0.05) is 5.41 Å². The molecule has 1 amide bonds. The highest BCUT2D eigenvalue weighted by Gasteiger charge is 2.76. The lowest BCUT2D eigenvalue weighted by Gasteiger charge is -2.37. The molecule has 122 valence electrons. The van der Waals surface area contributed by atoms with E-state index in [0.717, 1.165) is 0 Å². The van der Waals surface area contributed by atoms with Gasteiger partial charge < -0.3 is 10.5 Å². The topological polar surface area (TPSA) is 78.8 Å². The van der Waals surface area contributed by atoms with E-state index >= 15 is 0 Å². The summed E-state index contributed by atoms with van der Waals surface area (Å²) in [5, 5.41) is 15.7. The zero-order chi connectivity index (χ0) is 17.0. The molecule has 2 atom stereocenters. The van der Waals surface area contributed by atoms with Gasteiger partial charge in [0.15, 0.2) is 5.78 Å². The van der Waals surface area contributed by atoms with E-state index in [9.17, 15) is 14.8 Å². The number of para-hydroxylation sites is 1. The van der Waals surface area contributed by atoms with E-state index in [1.54, 1.807) is 24.3 Å². The second kappa shape index (κ2) is 4.81. The van der Waals surface area contributed by atoms with Crippen LogP contribution in [0.3, 0.4) is 0 Å². The van der Waals surface area contributed by atoms with Crippen molar-refractivity contribution in [1.82, 2.24) is 0 Å². The number of halogens is 1. The van der Waals surface area contributed by atoms with E-state index in [-0.39, 0.29) is 17.4 Å². The van der Waals surface area contributed by atoms with Gasteiger partial charge >= 0.3 is 0 Å². The number of rotatable bonds is 2. The number of nitrogens with one attached hydrogen (secondary N) is 1. The number of benzene rings is 1. The van der Waals surface area contributed by atoms with Crippen LogP contribution in [0.25, 0.3) is 0 Å². The van der Waals surface area contributed by atoms with Crippen LogP contribution in [0.1, 0.15) is 33.6 Å². The van der Waals surface area contributed by atoms with Crippen LogP contribution < -0.4 is 5.32 Å². The number of amides is 1. The Morgan fingerprint density at radius 3 is 2.48 bits per heavy atom. The van der Waals surface area contributed by atoms with Crippen molar-refractivity contribution in [1.29, 1.82) is 0 Å². The summed E-state index contributed by atoms with van der Waals surface area (Å²) in [6.45, 7) is 5.67. The SMILES string of the molecule is CC12CCC(C(=O)Nc3ccccc3Cl)(C(=O)/C1=N\O)C2(C)C. The Hall–Kier alpha value is -1.88. The summed E-state index contributed by atoms with van der Waals surface area (Å²) in [5.74, 6) is -0.772. The molecule has 2 N–H and O–H groups in total. The molecule has 23 heavy (non-hydrogen) atoms. The summed E-state index contributed by atoms with van der Waals surface area (Å²) in [5.41, 5.74) is -1.92. The third-order valence-electron chi connectivity index (χ3n) is 6.18. The summed E-state index contributed by atoms with van der Waals surface area (Å²) < 4.78 is 0. The van der Waals surface area contributed by atoms with Gasteiger partial charge in [-0.3, -0.25) is 9.59 Å². The molecule has 3 rings (SSSR count). The van der Waals surface area contributed by atoms with Crippen molar-refractivity contribution >= 4 is 34.7 Å². The maximum absolute atomic E-state index is 13.0. The molecule has 0 spiro atoms. The number of nitrogens with zero attached hydrogens (tertiary/aromatic N) is 1. The predicted octanol–water partition coefficient (Wildman–Crippen LogP) is 3.50. The van der Waals surface area contributed by atoms with Gasteiger partial charge in [-0.1, -0.05) is 49.7 Å². The Kier molecular flexibility index (Phi) is 3.34. The van der Waals surface area contributed by atoms with E-state index in [2.05, 4.69) is 10.5 Å². The summed E-state index contributed by atoms with van der Waals surface area (Å²) in [4.78, 5) is 25.9. The van der Waals surface area contributed by atoms with Crippen molar-refractivity contribution in [3.05, 3.63) is 29.3 Å². The van der Waals surface area contributed by atoms with Crippen molar-refractivity contribution < 1.29 is 14.8 Å². The number of hydrogen-bond acceptors (Lipinski definition) is 4. The number of ketones is 1. The minimum Gasteiger partial charge on any atom is -0.411 e. The lowest BCUT2D eigenvalue weighted by molar-refractivity contribution is -0.140. The van der Waals surface area contributed by atoms with Crippen LogP contribution in [0.4, 0.5) is 5.69 Å². The van der Waals surface area contributed by atoms with Gasteiger partial charge in [-0.15, -0.1) is 0 Å². The first-order valence-electron chi connectivity index (χ1n) is 7.56. The quantitative estimate of drug-likeness (QED) is 0.493. The van der Waals surface area contributed by atoms with E-state index < -0.39 is 16.2 Å². The standard InChI is InChI=1S/C17H19ClN2O3/c1-15(2)16(3)8-9-17(15,13(21)12(16)20-23)14(22)19-11-7-5-4-6-10(11)18/h4-7,23H,8-9H2,1-3H3,(H,19,22)/b20-12+. The normalized spacial score (nSPS) is 33.2. The van der Waals surface area contributed by atoms with Crippen LogP contribution in [-0.4, -0.2) is 22.6 Å². The smallest absolute Gasteiger partial charge is 0.239 e. The lowest BCUT2D eigenvalue weighted by Crippen LogP contribution is -2.47. The highest BCUT2D eigenvalue weighted by molar-refractivity contribution is 6.51. The minimum atomic E-state index is -1.23. The van der Waals surface area contributed by atoms with Crippen molar-refractivity contribution in [2.24, 2.45) is 21.4 Å². The van der Waals surface area contributed by atoms with Crippen LogP contribution in [0.5, 0.6) is 0 Å². The van der Waals surface area contributed by atoms with Crippen LogP contribution in [0.15, 0.2) is 29.4 Å². The number of oxime groups is 1. The molecule has 5 nitrogen and oxygen atoms in total. The number of hydrogen-bond donors (Lipinski definition) is 2. The zero-order valence-electron chi connectivity index (χ0n) is 13.3. The minimum absolute atomic E-state index is 0.100. The molecule has 2 saturated carbocycles. The maximum atomic E-state index is 13.0. The largest absolute Gasteiger partial charge is 0.411 e. The number of carbonyl (C=O) groups excluding carboxylic acids is 2. The molecule has 2 unspecified atom stereocenters. The number of carbonyl (C=O) groups is 2. The van der Waals surface area contributed by atoms with Crippen molar-refractivity contribution in [2.45, 2.75) is 33.6 Å². The average Bonchev–Trinajstić information content (AvgIpc) is 2.77. The molecular formula is C17H19ClN2O3. The maximum Gasteiger partial charge on any atom is 0.239 e. The highest BCUT2D eigenvalue weighted by atomic mass is 35.5. The molecular weight excluding hydrogens is 316 g/mol. The number of fused-ring (bicyclic) bond motifs is 2. The van der Waals surface area contributed by atoms with E-state index in [1.165, 1.54) is 0 Å². The van der Waals surface area contributed by atoms with Crippen LogP contribution in [-0.2, 0) is 9.59 Å². The molecule has 0 aromatic heterocycles. The fourth-order valence-corrected chi connectivity index (χ4v) is 4.43. The van der Waals surface area contributed by atoms with Crippen LogP contribution >= 0.6 is 11.6 Å². The van der Waals surface area contributed by atoms with Gasteiger partial charge in [-0.2, -0.15) is 0 Å². The molecule has 2 fully saturated rings. The third-order valence-corrected chi connectivity index (χ3v) is 6.51. The predicted molar refractivity (Wildman–Crippen MR) is 87.9 cm³/mol. The zero-order valence-corrected chi connectivity index (χ0v) is 14.1. The molecule has 2 bridgehead atoms. The second-order valence-electron chi connectivity index (χ2n) is 7.07. The Labute approximate surface area is 139 Å². The summed E-state index contributed by atoms with van der Waals surface area (Å²) in [7, 11) is 0. The van der Waals surface area contributed by atoms with E-state index in [0.29, 0.717) is 23.6 Å².